The minimum Gasteiger partial charge on any atom is -0.493 e. The number of benzene rings is 2. The fraction of sp³-hybridized carbons (Fsp3) is 0.211. The van der Waals surface area contributed by atoms with Crippen LogP contribution in [0, 0.1) is 0 Å². The van der Waals surface area contributed by atoms with Gasteiger partial charge in [0.15, 0.2) is 11.5 Å². The predicted octanol–water partition coefficient (Wildman–Crippen LogP) is 2.64. The fourth-order valence-electron chi connectivity index (χ4n) is 2.97. The number of fused-ring (bicyclic) bond motifs is 1. The summed E-state index contributed by atoms with van der Waals surface area (Å²) in [5, 5.41) is 2.70. The molecule has 0 bridgehead atoms. The number of nitrogens with one attached hydrogen (secondary N) is 1. The topological polar surface area (TPSA) is 94.2 Å². The van der Waals surface area contributed by atoms with Crippen LogP contribution in [0.15, 0.2) is 34.8 Å². The Morgan fingerprint density at radius 1 is 1.07 bits per heavy atom. The van der Waals surface area contributed by atoms with Gasteiger partial charge >= 0.3 is 0 Å². The Bertz CT molecular complexity index is 975. The standard InChI is InChI=1S/C19H17BrN2O6/c1-26-13-8-12-15(18(28-3)17(13)27-2)16(24)19(25)22(12)9-14(23)21-11-7-5-4-6-10(11)20/h4-8H,9H2,1-3H3,(H,21,23). The Labute approximate surface area is 169 Å². The van der Waals surface area contributed by atoms with E-state index in [1.54, 1.807) is 18.2 Å². The van der Waals surface area contributed by atoms with Crippen LogP contribution in [0.3, 0.4) is 0 Å². The average molecular weight is 449 g/mol. The van der Waals surface area contributed by atoms with Crippen molar-refractivity contribution >= 4 is 44.9 Å². The highest BCUT2D eigenvalue weighted by atomic mass is 79.9. The number of hydrogen-bond acceptors (Lipinski definition) is 6. The Hall–Kier alpha value is -3.07. The average Bonchev–Trinajstić information content (AvgIpc) is 2.92. The molecule has 28 heavy (non-hydrogen) atoms. The molecule has 0 atom stereocenters. The Kier molecular flexibility index (Phi) is 5.55. The lowest BCUT2D eigenvalue weighted by atomic mass is 10.1. The Balaban J connectivity index is 1.97. The number of ketones is 1. The van der Waals surface area contributed by atoms with Crippen molar-refractivity contribution in [1.82, 2.24) is 0 Å². The Morgan fingerprint density at radius 2 is 1.75 bits per heavy atom. The van der Waals surface area contributed by atoms with Gasteiger partial charge in [-0.2, -0.15) is 0 Å². The van der Waals surface area contributed by atoms with Crippen LogP contribution >= 0.6 is 15.9 Å². The zero-order chi connectivity index (χ0) is 20.4. The molecular weight excluding hydrogens is 432 g/mol. The lowest BCUT2D eigenvalue weighted by Gasteiger charge is -2.19. The summed E-state index contributed by atoms with van der Waals surface area (Å²) in [4.78, 5) is 38.7. The third-order valence-electron chi connectivity index (χ3n) is 4.22. The molecular formula is C19H17BrN2O6. The van der Waals surface area contributed by atoms with E-state index in [2.05, 4.69) is 21.2 Å². The number of ether oxygens (including phenoxy) is 3. The van der Waals surface area contributed by atoms with Crippen LogP contribution in [0.4, 0.5) is 11.4 Å². The second-order valence-electron chi connectivity index (χ2n) is 5.79. The molecule has 1 N–H and O–H groups in total. The molecule has 0 saturated heterocycles. The van der Waals surface area contributed by atoms with E-state index >= 15 is 0 Å². The van der Waals surface area contributed by atoms with Gasteiger partial charge in [0.2, 0.25) is 11.7 Å². The highest BCUT2D eigenvalue weighted by molar-refractivity contribution is 9.10. The van der Waals surface area contributed by atoms with Gasteiger partial charge in [-0.15, -0.1) is 0 Å². The summed E-state index contributed by atoms with van der Waals surface area (Å²) in [5.74, 6) is -1.51. The number of carbonyl (C=O) groups is 3. The van der Waals surface area contributed by atoms with Crippen LogP contribution < -0.4 is 24.4 Å². The van der Waals surface area contributed by atoms with Gasteiger partial charge in [0.25, 0.3) is 11.7 Å². The molecule has 0 unspecified atom stereocenters. The number of nitrogens with zero attached hydrogens (tertiary/aromatic N) is 1. The van der Waals surface area contributed by atoms with Crippen LogP contribution in [0.1, 0.15) is 10.4 Å². The lowest BCUT2D eigenvalue weighted by molar-refractivity contribution is -0.118. The third-order valence-corrected chi connectivity index (χ3v) is 4.91. The van der Waals surface area contributed by atoms with Crippen molar-refractivity contribution in [3.05, 3.63) is 40.4 Å². The third kappa shape index (κ3) is 3.29. The van der Waals surface area contributed by atoms with Crippen molar-refractivity contribution in [2.24, 2.45) is 0 Å². The monoisotopic (exact) mass is 448 g/mol. The van der Waals surface area contributed by atoms with E-state index in [4.69, 9.17) is 14.2 Å². The molecule has 0 aliphatic carbocycles. The molecule has 1 aliphatic heterocycles. The summed E-state index contributed by atoms with van der Waals surface area (Å²) in [6.07, 6.45) is 0. The fourth-order valence-corrected chi connectivity index (χ4v) is 3.35. The minimum absolute atomic E-state index is 0.0406. The van der Waals surface area contributed by atoms with Gasteiger partial charge in [0.1, 0.15) is 6.54 Å². The van der Waals surface area contributed by atoms with Crippen molar-refractivity contribution < 1.29 is 28.6 Å². The quantitative estimate of drug-likeness (QED) is 0.682. The zero-order valence-corrected chi connectivity index (χ0v) is 17.0. The second-order valence-corrected chi connectivity index (χ2v) is 6.64. The molecule has 1 heterocycles. The van der Waals surface area contributed by atoms with Crippen molar-refractivity contribution in [3.8, 4) is 17.2 Å². The molecule has 2 aromatic rings. The van der Waals surface area contributed by atoms with Gasteiger partial charge in [-0.05, 0) is 28.1 Å². The molecule has 0 saturated carbocycles. The molecule has 0 radical (unpaired) electrons. The van der Waals surface area contributed by atoms with Gasteiger partial charge in [-0.1, -0.05) is 12.1 Å². The van der Waals surface area contributed by atoms with E-state index in [0.717, 1.165) is 4.90 Å². The van der Waals surface area contributed by atoms with Crippen molar-refractivity contribution in [3.63, 3.8) is 0 Å². The number of halogens is 1. The van der Waals surface area contributed by atoms with E-state index < -0.39 is 17.6 Å². The van der Waals surface area contributed by atoms with Crippen LogP contribution in [0.25, 0.3) is 0 Å². The number of rotatable bonds is 6. The van der Waals surface area contributed by atoms with Gasteiger partial charge in [-0.3, -0.25) is 19.3 Å². The molecule has 8 nitrogen and oxygen atoms in total. The summed E-state index contributed by atoms with van der Waals surface area (Å²) in [5.41, 5.74) is 0.821. The first-order valence-electron chi connectivity index (χ1n) is 8.16. The van der Waals surface area contributed by atoms with Gasteiger partial charge in [0, 0.05) is 10.5 Å². The summed E-state index contributed by atoms with van der Waals surface area (Å²) in [6, 6.07) is 8.54. The maximum Gasteiger partial charge on any atom is 0.300 e. The highest BCUT2D eigenvalue weighted by Gasteiger charge is 2.42. The maximum atomic E-state index is 12.5. The highest BCUT2D eigenvalue weighted by Crippen LogP contribution is 2.47. The summed E-state index contributed by atoms with van der Waals surface area (Å²) in [7, 11) is 4.18. The second kappa shape index (κ2) is 7.89. The van der Waals surface area contributed by atoms with E-state index in [1.807, 2.05) is 6.07 Å². The van der Waals surface area contributed by atoms with Gasteiger partial charge in [-0.25, -0.2) is 0 Å². The maximum absolute atomic E-state index is 12.5. The van der Waals surface area contributed by atoms with E-state index in [-0.39, 0.29) is 35.0 Å². The number of Topliss-reactive ketones (excluding diaryl/α,β-unsaturated/α-hetero) is 1. The number of amides is 2. The van der Waals surface area contributed by atoms with Crippen molar-refractivity contribution in [1.29, 1.82) is 0 Å². The van der Waals surface area contributed by atoms with E-state index in [0.29, 0.717) is 10.2 Å². The number of hydrogen-bond donors (Lipinski definition) is 1. The van der Waals surface area contributed by atoms with Crippen LogP contribution in [-0.2, 0) is 9.59 Å². The van der Waals surface area contributed by atoms with Crippen molar-refractivity contribution in [2.45, 2.75) is 0 Å². The van der Waals surface area contributed by atoms with Crippen LogP contribution in [0.2, 0.25) is 0 Å². The molecule has 146 valence electrons. The normalized spacial score (nSPS) is 12.6. The predicted molar refractivity (Wildman–Crippen MR) is 106 cm³/mol. The molecule has 0 aromatic heterocycles. The van der Waals surface area contributed by atoms with Gasteiger partial charge < -0.3 is 19.5 Å². The molecule has 9 heteroatoms. The number of para-hydroxylation sites is 1. The van der Waals surface area contributed by atoms with E-state index in [1.165, 1.54) is 27.4 Å². The van der Waals surface area contributed by atoms with Gasteiger partial charge in [0.05, 0.1) is 38.3 Å². The molecule has 2 aromatic carbocycles. The van der Waals surface area contributed by atoms with Crippen molar-refractivity contribution in [2.75, 3.05) is 38.1 Å². The molecule has 2 amide bonds. The first kappa shape index (κ1) is 19.7. The molecule has 3 rings (SSSR count). The number of anilines is 2. The van der Waals surface area contributed by atoms with Crippen LogP contribution in [0.5, 0.6) is 17.2 Å². The number of methoxy groups -OCH3 is 3. The molecule has 0 fully saturated rings. The van der Waals surface area contributed by atoms with E-state index in [9.17, 15) is 14.4 Å². The largest absolute Gasteiger partial charge is 0.493 e. The first-order valence-corrected chi connectivity index (χ1v) is 8.95. The molecule has 1 aliphatic rings. The van der Waals surface area contributed by atoms with Crippen LogP contribution in [-0.4, -0.2) is 45.5 Å². The SMILES string of the molecule is COc1cc2c(c(OC)c1OC)C(=O)C(=O)N2CC(=O)Nc1ccccc1Br. The zero-order valence-electron chi connectivity index (χ0n) is 15.4. The molecule has 0 spiro atoms. The Morgan fingerprint density at radius 3 is 2.36 bits per heavy atom. The minimum atomic E-state index is -0.828. The summed E-state index contributed by atoms with van der Waals surface area (Å²) in [6.45, 7) is -0.350. The summed E-state index contributed by atoms with van der Waals surface area (Å²) < 4.78 is 16.5. The number of carbonyl (C=O) groups excluding carboxylic acids is 3. The summed E-state index contributed by atoms with van der Waals surface area (Å²) >= 11 is 3.34. The first-order chi connectivity index (χ1) is 13.4. The smallest absolute Gasteiger partial charge is 0.300 e. The lowest BCUT2D eigenvalue weighted by Crippen LogP contribution is -2.37.